The summed E-state index contributed by atoms with van der Waals surface area (Å²) in [6.45, 7) is 6.70. The van der Waals surface area contributed by atoms with Gasteiger partial charge in [-0.3, -0.25) is 14.4 Å². The summed E-state index contributed by atoms with van der Waals surface area (Å²) in [4.78, 5) is 37.2. The topological polar surface area (TPSA) is 96.5 Å². The number of nitrogens with one attached hydrogen (secondary N) is 3. The number of benzene rings is 2. The summed E-state index contributed by atoms with van der Waals surface area (Å²) >= 11 is 5.88. The monoisotopic (exact) mass is 687 g/mol. The van der Waals surface area contributed by atoms with Crippen LogP contribution in [-0.2, 0) is 16.0 Å². The molecule has 0 aliphatic carbocycles. The van der Waals surface area contributed by atoms with E-state index in [-0.39, 0.29) is 17.7 Å². The van der Waals surface area contributed by atoms with Gasteiger partial charge in [0.1, 0.15) is 5.75 Å². The van der Waals surface area contributed by atoms with E-state index >= 15 is 0 Å². The first kappa shape index (κ1) is 40.8. The van der Waals surface area contributed by atoms with Gasteiger partial charge in [-0.1, -0.05) is 91.4 Å². The zero-order valence-corrected chi connectivity index (χ0v) is 30.1. The van der Waals surface area contributed by atoms with Gasteiger partial charge in [0, 0.05) is 36.6 Å². The van der Waals surface area contributed by atoms with Crippen LogP contribution in [0.4, 0.5) is 0 Å². The predicted octanol–water partition coefficient (Wildman–Crippen LogP) is 8.62. The smallest absolute Gasteiger partial charge is 0.263 e. The summed E-state index contributed by atoms with van der Waals surface area (Å²) in [5.41, 5.74) is 0.489. The Morgan fingerprint density at radius 1 is 0.694 bits per heavy atom. The van der Waals surface area contributed by atoms with E-state index in [1.54, 1.807) is 38.1 Å². The molecule has 2 aromatic rings. The second-order valence-electron chi connectivity index (χ2n) is 12.0. The second-order valence-corrected chi connectivity index (χ2v) is 12.4. The van der Waals surface area contributed by atoms with Crippen molar-refractivity contribution in [3.05, 3.63) is 125 Å². The maximum Gasteiger partial charge on any atom is 0.263 e. The molecule has 0 fully saturated rings. The third-order valence-corrected chi connectivity index (χ3v) is 7.57. The molecule has 2 rings (SSSR count). The molecule has 0 unspecified atom stereocenters. The lowest BCUT2D eigenvalue weighted by molar-refractivity contribution is -0.134. The molecule has 0 aliphatic heterocycles. The molecular formula is C41H54ClN3O4. The number of halogens is 1. The van der Waals surface area contributed by atoms with E-state index < -0.39 is 5.60 Å². The first-order valence-corrected chi connectivity index (χ1v) is 17.7. The van der Waals surface area contributed by atoms with Gasteiger partial charge in [0.05, 0.1) is 0 Å². The maximum atomic E-state index is 12.8. The van der Waals surface area contributed by atoms with E-state index in [0.29, 0.717) is 48.8 Å². The van der Waals surface area contributed by atoms with Crippen molar-refractivity contribution in [2.45, 2.75) is 84.2 Å². The van der Waals surface area contributed by atoms with Crippen LogP contribution in [0.5, 0.6) is 5.75 Å². The van der Waals surface area contributed by atoms with Crippen LogP contribution in [0.2, 0.25) is 5.02 Å². The minimum absolute atomic E-state index is 0.0262. The molecule has 0 aliphatic rings. The number of ether oxygens (including phenoxy) is 1. The van der Waals surface area contributed by atoms with Crippen LogP contribution in [0.1, 0.15) is 88.1 Å². The molecule has 264 valence electrons. The predicted molar refractivity (Wildman–Crippen MR) is 203 cm³/mol. The Hall–Kier alpha value is -4.36. The maximum absolute atomic E-state index is 12.8. The van der Waals surface area contributed by atoms with Gasteiger partial charge >= 0.3 is 0 Å². The molecule has 0 bridgehead atoms. The quantitative estimate of drug-likeness (QED) is 0.0805. The van der Waals surface area contributed by atoms with Crippen molar-refractivity contribution in [2.75, 3.05) is 19.6 Å². The van der Waals surface area contributed by atoms with Crippen LogP contribution < -0.4 is 20.7 Å². The van der Waals surface area contributed by atoms with E-state index in [2.05, 4.69) is 83.6 Å². The number of hydrogen-bond donors (Lipinski definition) is 3. The molecule has 0 aromatic heterocycles. The summed E-state index contributed by atoms with van der Waals surface area (Å²) < 4.78 is 5.95. The van der Waals surface area contributed by atoms with Crippen LogP contribution >= 0.6 is 11.6 Å². The van der Waals surface area contributed by atoms with Crippen molar-refractivity contribution >= 4 is 29.3 Å². The Labute approximate surface area is 298 Å². The molecule has 2 aromatic carbocycles. The van der Waals surface area contributed by atoms with Gasteiger partial charge in [0.25, 0.3) is 11.8 Å². The zero-order chi connectivity index (χ0) is 35.6. The lowest BCUT2D eigenvalue weighted by atomic mass is 10.1. The summed E-state index contributed by atoms with van der Waals surface area (Å²) in [6.07, 6.45) is 29.3. The van der Waals surface area contributed by atoms with E-state index in [9.17, 15) is 14.4 Å². The van der Waals surface area contributed by atoms with Crippen molar-refractivity contribution in [1.29, 1.82) is 0 Å². The van der Waals surface area contributed by atoms with E-state index in [1.807, 2.05) is 24.3 Å². The lowest BCUT2D eigenvalue weighted by Gasteiger charge is -2.25. The molecule has 3 amide bonds. The molecule has 0 saturated heterocycles. The van der Waals surface area contributed by atoms with Crippen molar-refractivity contribution in [3.63, 3.8) is 0 Å². The number of hydrogen-bond acceptors (Lipinski definition) is 4. The number of carbonyl (C=O) groups is 3. The van der Waals surface area contributed by atoms with E-state index in [4.69, 9.17) is 16.3 Å². The third-order valence-electron chi connectivity index (χ3n) is 7.31. The Kier molecular flexibility index (Phi) is 20.6. The highest BCUT2D eigenvalue weighted by Crippen LogP contribution is 2.19. The average Bonchev–Trinajstić information content (AvgIpc) is 3.08. The molecule has 8 heteroatoms. The Balaban J connectivity index is 1.52. The highest BCUT2D eigenvalue weighted by molar-refractivity contribution is 6.30. The molecule has 7 nitrogen and oxygen atoms in total. The number of allylic oxidation sites excluding steroid dienone is 10. The molecule has 3 N–H and O–H groups in total. The number of amides is 3. The fourth-order valence-corrected chi connectivity index (χ4v) is 4.64. The normalized spacial score (nSPS) is 12.1. The van der Waals surface area contributed by atoms with Crippen LogP contribution in [0.3, 0.4) is 0 Å². The van der Waals surface area contributed by atoms with Gasteiger partial charge < -0.3 is 20.7 Å². The van der Waals surface area contributed by atoms with Crippen LogP contribution in [0.25, 0.3) is 0 Å². The Bertz CT molecular complexity index is 1410. The van der Waals surface area contributed by atoms with Crippen molar-refractivity contribution in [2.24, 2.45) is 0 Å². The molecule has 0 spiro atoms. The van der Waals surface area contributed by atoms with Gasteiger partial charge in [0.2, 0.25) is 5.91 Å². The summed E-state index contributed by atoms with van der Waals surface area (Å²) in [7, 11) is 0. The van der Waals surface area contributed by atoms with Crippen molar-refractivity contribution < 1.29 is 19.1 Å². The fraction of sp³-hybridized carbons (Fsp3) is 0.390. The molecule has 0 saturated carbocycles. The summed E-state index contributed by atoms with van der Waals surface area (Å²) in [6, 6.07) is 14.2. The van der Waals surface area contributed by atoms with Crippen molar-refractivity contribution in [1.82, 2.24) is 16.0 Å². The van der Waals surface area contributed by atoms with Gasteiger partial charge in [-0.15, -0.1) is 0 Å². The summed E-state index contributed by atoms with van der Waals surface area (Å²) in [5.74, 6) is 0.118. The highest BCUT2D eigenvalue weighted by Gasteiger charge is 2.29. The van der Waals surface area contributed by atoms with Gasteiger partial charge in [0.15, 0.2) is 5.60 Å². The lowest BCUT2D eigenvalue weighted by Crippen LogP contribution is -2.48. The zero-order valence-electron chi connectivity index (χ0n) is 29.4. The minimum atomic E-state index is -1.10. The summed E-state index contributed by atoms with van der Waals surface area (Å²) in [5, 5.41) is 9.18. The van der Waals surface area contributed by atoms with E-state index in [0.717, 1.165) is 50.5 Å². The van der Waals surface area contributed by atoms with Crippen molar-refractivity contribution in [3.8, 4) is 5.75 Å². The van der Waals surface area contributed by atoms with E-state index in [1.165, 1.54) is 0 Å². The van der Waals surface area contributed by atoms with Crippen LogP contribution in [0.15, 0.2) is 109 Å². The first-order valence-electron chi connectivity index (χ1n) is 17.3. The largest absolute Gasteiger partial charge is 0.478 e. The highest BCUT2D eigenvalue weighted by atomic mass is 35.5. The second kappa shape index (κ2) is 24.7. The number of unbranched alkanes of at least 4 members (excludes halogenated alkanes) is 1. The average molecular weight is 688 g/mol. The minimum Gasteiger partial charge on any atom is -0.478 e. The molecule has 49 heavy (non-hydrogen) atoms. The van der Waals surface area contributed by atoms with Crippen LogP contribution in [0, 0.1) is 0 Å². The standard InChI is InChI=1S/C41H54ClN3O4/c1-4-5-6-7-8-9-10-11-12-13-14-15-16-17-18-19-20-21-38(46)43-32-33-45-40(48)41(2,3)49-37-28-22-34(23-29-37)30-31-44-39(47)35-24-26-36(42)27-25-35/h5-6,8-9,11-12,14-15,17-18,22-29H,4,7,10,13,16,19-21,30-33H2,1-3H3,(H,43,46)(H,44,47)(H,45,48). The molecule has 0 radical (unpaired) electrons. The molecule has 0 heterocycles. The Morgan fingerprint density at radius 2 is 1.24 bits per heavy atom. The SMILES string of the molecule is CCC=CCC=CCC=CCC=CCC=CCCCC(=O)NCCNC(=O)C(C)(C)Oc1ccc(CCNC(=O)c2ccc(Cl)cc2)cc1. The van der Waals surface area contributed by atoms with Gasteiger partial charge in [-0.05, 0) is 107 Å². The fourth-order valence-electron chi connectivity index (χ4n) is 4.52. The van der Waals surface area contributed by atoms with Crippen LogP contribution in [-0.4, -0.2) is 43.0 Å². The van der Waals surface area contributed by atoms with Gasteiger partial charge in [-0.2, -0.15) is 0 Å². The number of carbonyl (C=O) groups excluding carboxylic acids is 3. The third kappa shape index (κ3) is 19.3. The first-order chi connectivity index (χ1) is 23.7. The number of rotatable bonds is 23. The molecule has 0 atom stereocenters. The van der Waals surface area contributed by atoms with Gasteiger partial charge in [-0.25, -0.2) is 0 Å². The molecular weight excluding hydrogens is 634 g/mol. The Morgan fingerprint density at radius 3 is 1.84 bits per heavy atom.